The molecule has 0 aliphatic rings. The third-order valence-electron chi connectivity index (χ3n) is 3.18. The van der Waals surface area contributed by atoms with Crippen LogP contribution >= 0.6 is 22.7 Å². The van der Waals surface area contributed by atoms with Crippen LogP contribution in [0.15, 0.2) is 28.4 Å². The molecule has 108 valence electrons. The number of rotatable bonds is 3. The summed E-state index contributed by atoms with van der Waals surface area (Å²) in [5.41, 5.74) is 2.44. The van der Waals surface area contributed by atoms with E-state index in [9.17, 15) is 4.79 Å². The lowest BCUT2D eigenvalue weighted by Gasteiger charge is -2.07. The average Bonchev–Trinajstić information content (AvgIpc) is 3.02. The van der Waals surface area contributed by atoms with E-state index >= 15 is 0 Å². The van der Waals surface area contributed by atoms with Crippen molar-refractivity contribution in [3.63, 3.8) is 0 Å². The molecule has 0 saturated carbocycles. The number of hydrogen-bond acceptors (Lipinski definition) is 5. The average molecular weight is 317 g/mol. The van der Waals surface area contributed by atoms with Gasteiger partial charge in [-0.15, -0.1) is 22.7 Å². The Kier molecular flexibility index (Phi) is 3.73. The highest BCUT2D eigenvalue weighted by atomic mass is 32.1. The predicted molar refractivity (Wildman–Crippen MR) is 87.2 cm³/mol. The largest absolute Gasteiger partial charge is 0.348 e. The van der Waals surface area contributed by atoms with Gasteiger partial charge in [-0.05, 0) is 39.0 Å². The Labute approximate surface area is 130 Å². The van der Waals surface area contributed by atoms with Crippen molar-refractivity contribution < 1.29 is 0 Å². The van der Waals surface area contributed by atoms with Crippen LogP contribution in [0.2, 0.25) is 0 Å². The van der Waals surface area contributed by atoms with Gasteiger partial charge in [0.15, 0.2) is 0 Å². The van der Waals surface area contributed by atoms with E-state index in [1.54, 1.807) is 27.2 Å². The maximum atomic E-state index is 12.0. The summed E-state index contributed by atoms with van der Waals surface area (Å²) in [5, 5.41) is 2.97. The molecule has 3 aromatic rings. The van der Waals surface area contributed by atoms with E-state index < -0.39 is 0 Å². The Balaban J connectivity index is 1.90. The number of thiophene rings is 1. The minimum absolute atomic E-state index is 0.212. The zero-order valence-electron chi connectivity index (χ0n) is 12.1. The van der Waals surface area contributed by atoms with Gasteiger partial charge in [0.1, 0.15) is 5.01 Å². The van der Waals surface area contributed by atoms with Crippen molar-refractivity contribution in [3.05, 3.63) is 55.3 Å². The summed E-state index contributed by atoms with van der Waals surface area (Å²) in [6, 6.07) is 6.10. The molecule has 0 unspecified atom stereocenters. The van der Waals surface area contributed by atoms with Gasteiger partial charge < -0.3 is 0 Å². The smallest absolute Gasteiger partial charge is 0.290 e. The number of hydrogen-bond donors (Lipinski definition) is 0. The summed E-state index contributed by atoms with van der Waals surface area (Å²) in [7, 11) is 0. The second kappa shape index (κ2) is 5.54. The minimum atomic E-state index is -0.212. The lowest BCUT2D eigenvalue weighted by molar-refractivity contribution is 0.691. The lowest BCUT2D eigenvalue weighted by atomic mass is 10.3. The van der Waals surface area contributed by atoms with E-state index in [1.807, 2.05) is 25.3 Å². The number of thiazole rings is 1. The molecule has 0 bridgehead atoms. The quantitative estimate of drug-likeness (QED) is 0.744. The Bertz CT molecular complexity index is 845. The van der Waals surface area contributed by atoms with E-state index in [0.29, 0.717) is 6.54 Å². The van der Waals surface area contributed by atoms with E-state index in [4.69, 9.17) is 0 Å². The van der Waals surface area contributed by atoms with Crippen molar-refractivity contribution in [1.29, 1.82) is 0 Å². The molecule has 0 radical (unpaired) electrons. The molecule has 4 nitrogen and oxygen atoms in total. The van der Waals surface area contributed by atoms with Crippen LogP contribution in [0.4, 0.5) is 0 Å². The van der Waals surface area contributed by atoms with Gasteiger partial charge in [0, 0.05) is 21.6 Å². The first-order valence-corrected chi connectivity index (χ1v) is 8.29. The van der Waals surface area contributed by atoms with Crippen molar-refractivity contribution in [2.24, 2.45) is 0 Å². The van der Waals surface area contributed by atoms with Crippen molar-refractivity contribution in [3.8, 4) is 10.6 Å². The molecule has 0 saturated heterocycles. The van der Waals surface area contributed by atoms with Crippen molar-refractivity contribution in [2.45, 2.75) is 27.3 Å². The molecule has 0 amide bonds. The summed E-state index contributed by atoms with van der Waals surface area (Å²) in [6.07, 6.45) is 0. The van der Waals surface area contributed by atoms with E-state index in [2.05, 4.69) is 29.0 Å². The molecule has 0 spiro atoms. The van der Waals surface area contributed by atoms with Crippen LogP contribution in [0.5, 0.6) is 0 Å². The zero-order chi connectivity index (χ0) is 15.0. The Morgan fingerprint density at radius 3 is 2.67 bits per heavy atom. The lowest BCUT2D eigenvalue weighted by Crippen LogP contribution is -2.26. The van der Waals surface area contributed by atoms with Crippen LogP contribution < -0.4 is 5.69 Å². The van der Waals surface area contributed by atoms with Crippen LogP contribution in [0, 0.1) is 20.8 Å². The molecule has 0 fully saturated rings. The summed E-state index contributed by atoms with van der Waals surface area (Å²) < 4.78 is 1.66. The fraction of sp³-hybridized carbons (Fsp3) is 0.267. The SMILES string of the molecule is Cc1cc(C)n(Cc2nc(-c3ccc(C)s3)cs2)c(=O)n1. The van der Waals surface area contributed by atoms with Gasteiger partial charge >= 0.3 is 5.69 Å². The first-order chi connectivity index (χ1) is 10.0. The van der Waals surface area contributed by atoms with Gasteiger partial charge in [-0.1, -0.05) is 0 Å². The fourth-order valence-electron chi connectivity index (χ4n) is 2.17. The first kappa shape index (κ1) is 14.2. The summed E-state index contributed by atoms with van der Waals surface area (Å²) in [4.78, 5) is 23.0. The van der Waals surface area contributed by atoms with E-state index in [1.165, 1.54) is 9.75 Å². The Morgan fingerprint density at radius 2 is 2.00 bits per heavy atom. The van der Waals surface area contributed by atoms with Crippen molar-refractivity contribution in [2.75, 3.05) is 0 Å². The first-order valence-electron chi connectivity index (χ1n) is 6.59. The predicted octanol–water partition coefficient (Wildman–Crippen LogP) is 3.40. The molecule has 0 aliphatic heterocycles. The molecule has 21 heavy (non-hydrogen) atoms. The standard InChI is InChI=1S/C15H15N3OS2/c1-9-6-10(2)18(15(19)16-9)7-14-17-12(8-20-14)13-5-4-11(3)21-13/h4-6,8H,7H2,1-3H3. The third kappa shape index (κ3) is 2.96. The topological polar surface area (TPSA) is 47.8 Å². The van der Waals surface area contributed by atoms with Crippen molar-refractivity contribution >= 4 is 22.7 Å². The van der Waals surface area contributed by atoms with Gasteiger partial charge in [0.25, 0.3) is 0 Å². The fourth-order valence-corrected chi connectivity index (χ4v) is 3.86. The molecule has 0 aromatic carbocycles. The molecular formula is C15H15N3OS2. The number of nitrogens with zero attached hydrogens (tertiary/aromatic N) is 3. The van der Waals surface area contributed by atoms with Crippen LogP contribution in [-0.4, -0.2) is 14.5 Å². The second-order valence-electron chi connectivity index (χ2n) is 4.94. The third-order valence-corrected chi connectivity index (χ3v) is 5.04. The number of aryl methyl sites for hydroxylation is 3. The van der Waals surface area contributed by atoms with E-state index in [0.717, 1.165) is 22.1 Å². The van der Waals surface area contributed by atoms with Crippen LogP contribution in [0.1, 0.15) is 21.3 Å². The maximum absolute atomic E-state index is 12.0. The van der Waals surface area contributed by atoms with Gasteiger partial charge in [-0.2, -0.15) is 4.98 Å². The molecular weight excluding hydrogens is 302 g/mol. The molecule has 0 N–H and O–H groups in total. The van der Waals surface area contributed by atoms with Crippen molar-refractivity contribution in [1.82, 2.24) is 14.5 Å². The summed E-state index contributed by atoms with van der Waals surface area (Å²) >= 11 is 3.31. The minimum Gasteiger partial charge on any atom is -0.290 e. The second-order valence-corrected chi connectivity index (χ2v) is 7.17. The highest BCUT2D eigenvalue weighted by Crippen LogP contribution is 2.28. The zero-order valence-corrected chi connectivity index (χ0v) is 13.7. The number of aromatic nitrogens is 3. The highest BCUT2D eigenvalue weighted by molar-refractivity contribution is 7.16. The molecule has 6 heteroatoms. The summed E-state index contributed by atoms with van der Waals surface area (Å²) in [5.74, 6) is 0. The monoisotopic (exact) mass is 317 g/mol. The van der Waals surface area contributed by atoms with E-state index in [-0.39, 0.29) is 5.69 Å². The highest BCUT2D eigenvalue weighted by Gasteiger charge is 2.09. The normalized spacial score (nSPS) is 11.0. The summed E-state index contributed by atoms with van der Waals surface area (Å²) in [6.45, 7) is 6.32. The van der Waals surface area contributed by atoms with Gasteiger partial charge in [0.2, 0.25) is 0 Å². The van der Waals surface area contributed by atoms with Gasteiger partial charge in [-0.3, -0.25) is 4.57 Å². The van der Waals surface area contributed by atoms with Crippen LogP contribution in [0.3, 0.4) is 0 Å². The van der Waals surface area contributed by atoms with Gasteiger partial charge in [0.05, 0.1) is 17.1 Å². The molecule has 3 heterocycles. The maximum Gasteiger partial charge on any atom is 0.348 e. The molecule has 3 aromatic heterocycles. The Hall–Kier alpha value is -1.79. The van der Waals surface area contributed by atoms with Gasteiger partial charge in [-0.25, -0.2) is 9.78 Å². The molecule has 3 rings (SSSR count). The Morgan fingerprint density at radius 1 is 1.19 bits per heavy atom. The molecule has 0 aliphatic carbocycles. The van der Waals surface area contributed by atoms with Crippen LogP contribution in [0.25, 0.3) is 10.6 Å². The van der Waals surface area contributed by atoms with Crippen LogP contribution in [-0.2, 0) is 6.54 Å². The molecule has 0 atom stereocenters.